The predicted molar refractivity (Wildman–Crippen MR) is 98.5 cm³/mol. The highest BCUT2D eigenvalue weighted by atomic mass is 32.2. The highest BCUT2D eigenvalue weighted by Gasteiger charge is 2.15. The third-order valence-corrected chi connectivity index (χ3v) is 4.85. The lowest BCUT2D eigenvalue weighted by atomic mass is 10.2. The van der Waals surface area contributed by atoms with Crippen molar-refractivity contribution in [2.75, 3.05) is 10.0 Å². The van der Waals surface area contributed by atoms with Crippen LogP contribution in [0.4, 0.5) is 17.3 Å². The summed E-state index contributed by atoms with van der Waals surface area (Å²) < 4.78 is 27.2. The smallest absolute Gasteiger partial charge is 0.263 e. The quantitative estimate of drug-likeness (QED) is 0.731. The molecule has 0 amide bonds. The van der Waals surface area contributed by atoms with Crippen molar-refractivity contribution in [3.8, 4) is 0 Å². The van der Waals surface area contributed by atoms with Gasteiger partial charge in [0.15, 0.2) is 11.6 Å². The Hall–Kier alpha value is -2.93. The molecule has 2 N–H and O–H groups in total. The van der Waals surface area contributed by atoms with Crippen LogP contribution in [0.25, 0.3) is 0 Å². The Labute approximate surface area is 147 Å². The monoisotopic (exact) mass is 354 g/mol. The molecule has 1 aromatic heterocycles. The summed E-state index contributed by atoms with van der Waals surface area (Å²) in [7, 11) is -3.69. The fourth-order valence-corrected chi connectivity index (χ4v) is 3.40. The summed E-state index contributed by atoms with van der Waals surface area (Å²) in [6, 6.07) is 17.8. The second kappa shape index (κ2) is 6.90. The maximum atomic E-state index is 12.4. The van der Waals surface area contributed by atoms with Crippen molar-refractivity contribution < 1.29 is 8.42 Å². The van der Waals surface area contributed by atoms with Crippen LogP contribution in [0.1, 0.15) is 11.1 Å². The van der Waals surface area contributed by atoms with Gasteiger partial charge in [0.1, 0.15) is 0 Å². The van der Waals surface area contributed by atoms with E-state index in [9.17, 15) is 8.42 Å². The Morgan fingerprint density at radius 3 is 2.08 bits per heavy atom. The first-order valence-corrected chi connectivity index (χ1v) is 9.18. The van der Waals surface area contributed by atoms with E-state index in [0.29, 0.717) is 5.82 Å². The Morgan fingerprint density at radius 2 is 1.44 bits per heavy atom. The molecule has 128 valence electrons. The molecule has 0 aliphatic rings. The van der Waals surface area contributed by atoms with E-state index in [1.807, 2.05) is 44.2 Å². The molecule has 0 saturated heterocycles. The van der Waals surface area contributed by atoms with Crippen LogP contribution in [-0.2, 0) is 10.0 Å². The number of nitrogens with one attached hydrogen (secondary N) is 2. The Bertz CT molecular complexity index is 986. The summed E-state index contributed by atoms with van der Waals surface area (Å²) >= 11 is 0. The number of benzene rings is 2. The second-order valence-electron chi connectivity index (χ2n) is 5.72. The van der Waals surface area contributed by atoms with Gasteiger partial charge in [-0.2, -0.15) is 0 Å². The molecule has 3 rings (SSSR count). The van der Waals surface area contributed by atoms with Gasteiger partial charge in [-0.3, -0.25) is 4.72 Å². The summed E-state index contributed by atoms with van der Waals surface area (Å²) in [4.78, 5) is 0.191. The van der Waals surface area contributed by atoms with Crippen LogP contribution in [0.5, 0.6) is 0 Å². The lowest BCUT2D eigenvalue weighted by Crippen LogP contribution is -2.14. The maximum absolute atomic E-state index is 12.4. The van der Waals surface area contributed by atoms with Crippen LogP contribution in [0, 0.1) is 13.8 Å². The van der Waals surface area contributed by atoms with Crippen LogP contribution in [-0.4, -0.2) is 18.6 Å². The van der Waals surface area contributed by atoms with E-state index in [4.69, 9.17) is 0 Å². The number of aryl methyl sites for hydroxylation is 2. The van der Waals surface area contributed by atoms with Crippen molar-refractivity contribution >= 4 is 27.3 Å². The number of hydrogen-bond acceptors (Lipinski definition) is 5. The molecular formula is C18H18N4O2S. The van der Waals surface area contributed by atoms with Gasteiger partial charge in [-0.1, -0.05) is 24.3 Å². The Morgan fingerprint density at radius 1 is 0.800 bits per heavy atom. The van der Waals surface area contributed by atoms with Crippen LogP contribution in [0.15, 0.2) is 65.6 Å². The van der Waals surface area contributed by atoms with Gasteiger partial charge in [0.2, 0.25) is 0 Å². The third-order valence-electron chi connectivity index (χ3n) is 3.49. The number of aromatic nitrogens is 2. The summed E-state index contributed by atoms with van der Waals surface area (Å²) in [5, 5.41) is 11.1. The fraction of sp³-hybridized carbons (Fsp3) is 0.111. The van der Waals surface area contributed by atoms with Gasteiger partial charge in [-0.05, 0) is 61.4 Å². The molecule has 3 aromatic rings. The zero-order valence-corrected chi connectivity index (χ0v) is 14.7. The van der Waals surface area contributed by atoms with Gasteiger partial charge in [-0.15, -0.1) is 10.2 Å². The van der Waals surface area contributed by atoms with E-state index in [1.54, 1.807) is 24.3 Å². The minimum atomic E-state index is -3.69. The third kappa shape index (κ3) is 4.33. The molecule has 6 nitrogen and oxygen atoms in total. The van der Waals surface area contributed by atoms with Gasteiger partial charge in [0.05, 0.1) is 4.90 Å². The zero-order chi connectivity index (χ0) is 17.9. The fourth-order valence-electron chi connectivity index (χ4n) is 2.30. The number of nitrogens with zero attached hydrogens (tertiary/aromatic N) is 2. The first-order chi connectivity index (χ1) is 11.9. The SMILES string of the molecule is Cc1cccc(Nc2ccc(NS(=O)(=O)c3cccc(C)c3)nn2)c1. The van der Waals surface area contributed by atoms with Crippen LogP contribution in [0.3, 0.4) is 0 Å². The van der Waals surface area contributed by atoms with E-state index < -0.39 is 10.0 Å². The molecule has 7 heteroatoms. The Kier molecular flexibility index (Phi) is 4.67. The highest BCUT2D eigenvalue weighted by Crippen LogP contribution is 2.18. The maximum Gasteiger partial charge on any atom is 0.263 e. The summed E-state index contributed by atoms with van der Waals surface area (Å²) in [6.45, 7) is 3.84. The lowest BCUT2D eigenvalue weighted by molar-refractivity contribution is 0.601. The molecular weight excluding hydrogens is 336 g/mol. The van der Waals surface area contributed by atoms with E-state index in [1.165, 1.54) is 6.07 Å². The average Bonchev–Trinajstić information content (AvgIpc) is 2.56. The molecule has 0 aliphatic heterocycles. The molecule has 1 heterocycles. The number of sulfonamides is 1. The first kappa shape index (κ1) is 16.9. The van der Waals surface area contributed by atoms with Gasteiger partial charge < -0.3 is 5.32 Å². The van der Waals surface area contributed by atoms with Crippen molar-refractivity contribution in [1.29, 1.82) is 0 Å². The highest BCUT2D eigenvalue weighted by molar-refractivity contribution is 7.92. The Balaban J connectivity index is 1.74. The summed E-state index contributed by atoms with van der Waals surface area (Å²) in [6.07, 6.45) is 0. The molecule has 0 saturated carbocycles. The van der Waals surface area contributed by atoms with Crippen molar-refractivity contribution in [1.82, 2.24) is 10.2 Å². The van der Waals surface area contributed by atoms with Crippen LogP contribution in [0.2, 0.25) is 0 Å². The summed E-state index contributed by atoms with van der Waals surface area (Å²) in [5.74, 6) is 0.695. The molecule has 0 radical (unpaired) electrons. The summed E-state index contributed by atoms with van der Waals surface area (Å²) in [5.41, 5.74) is 2.88. The van der Waals surface area contributed by atoms with Crippen LogP contribution >= 0.6 is 0 Å². The van der Waals surface area contributed by atoms with E-state index in [0.717, 1.165) is 16.8 Å². The topological polar surface area (TPSA) is 84.0 Å². The second-order valence-corrected chi connectivity index (χ2v) is 7.40. The molecule has 0 unspecified atom stereocenters. The minimum Gasteiger partial charge on any atom is -0.339 e. The molecule has 0 spiro atoms. The molecule has 2 aromatic carbocycles. The van der Waals surface area contributed by atoms with Crippen LogP contribution < -0.4 is 10.0 Å². The molecule has 25 heavy (non-hydrogen) atoms. The van der Waals surface area contributed by atoms with Crippen molar-refractivity contribution in [3.05, 3.63) is 71.8 Å². The number of hydrogen-bond donors (Lipinski definition) is 2. The number of rotatable bonds is 5. The molecule has 0 bridgehead atoms. The zero-order valence-electron chi connectivity index (χ0n) is 13.9. The average molecular weight is 354 g/mol. The van der Waals surface area contributed by atoms with Gasteiger partial charge in [0.25, 0.3) is 10.0 Å². The van der Waals surface area contributed by atoms with Crippen molar-refractivity contribution in [3.63, 3.8) is 0 Å². The molecule has 0 atom stereocenters. The van der Waals surface area contributed by atoms with Gasteiger partial charge >= 0.3 is 0 Å². The largest absolute Gasteiger partial charge is 0.339 e. The van der Waals surface area contributed by atoms with E-state index >= 15 is 0 Å². The minimum absolute atomic E-state index is 0.163. The first-order valence-electron chi connectivity index (χ1n) is 7.69. The van der Waals surface area contributed by atoms with E-state index in [2.05, 4.69) is 20.2 Å². The van der Waals surface area contributed by atoms with Gasteiger partial charge in [0, 0.05) is 5.69 Å². The number of anilines is 3. The molecule has 0 fully saturated rings. The predicted octanol–water partition coefficient (Wildman–Crippen LogP) is 3.64. The van der Waals surface area contributed by atoms with Crippen molar-refractivity contribution in [2.24, 2.45) is 0 Å². The van der Waals surface area contributed by atoms with Gasteiger partial charge in [-0.25, -0.2) is 8.42 Å². The standard InChI is InChI=1S/C18H18N4O2S/c1-13-5-3-7-15(11-13)19-17-9-10-18(21-20-17)22-25(23,24)16-8-4-6-14(2)12-16/h3-12H,1-2H3,(H,19,20)(H,21,22). The molecule has 0 aliphatic carbocycles. The van der Waals surface area contributed by atoms with Crippen molar-refractivity contribution in [2.45, 2.75) is 18.7 Å². The lowest BCUT2D eigenvalue weighted by Gasteiger charge is -2.09. The van der Waals surface area contributed by atoms with E-state index in [-0.39, 0.29) is 10.7 Å². The normalized spacial score (nSPS) is 11.1.